The summed E-state index contributed by atoms with van der Waals surface area (Å²) in [5.74, 6) is -0.0188. The molecule has 0 aliphatic carbocycles. The zero-order valence-corrected chi connectivity index (χ0v) is 17.6. The van der Waals surface area contributed by atoms with Gasteiger partial charge in [0.05, 0.1) is 17.7 Å². The molecule has 2 aromatic rings. The molecule has 2 rings (SSSR count). The summed E-state index contributed by atoms with van der Waals surface area (Å²) in [6, 6.07) is 12.3. The molecular weight excluding hydrogens is 499 g/mol. The lowest BCUT2D eigenvalue weighted by molar-refractivity contribution is 0.0843. The maximum absolute atomic E-state index is 12.5. The first-order valence-electron chi connectivity index (χ1n) is 7.66. The van der Waals surface area contributed by atoms with E-state index in [1.807, 2.05) is 26.0 Å². The molecule has 0 spiro atoms. The van der Waals surface area contributed by atoms with Crippen molar-refractivity contribution >= 4 is 50.3 Å². The van der Waals surface area contributed by atoms with E-state index in [0.29, 0.717) is 29.4 Å². The van der Waals surface area contributed by atoms with Crippen molar-refractivity contribution in [2.24, 2.45) is 5.92 Å². The van der Waals surface area contributed by atoms with Crippen molar-refractivity contribution in [3.05, 3.63) is 61.6 Å². The fourth-order valence-corrected chi connectivity index (χ4v) is 2.95. The quantitative estimate of drug-likeness (QED) is 0.463. The Morgan fingerprint density at radius 3 is 2.36 bits per heavy atom. The Balaban J connectivity index is 2.09. The molecule has 0 unspecified atom stereocenters. The molecule has 132 valence electrons. The van der Waals surface area contributed by atoms with Crippen molar-refractivity contribution in [3.63, 3.8) is 0 Å². The van der Waals surface area contributed by atoms with Crippen molar-refractivity contribution in [3.8, 4) is 5.75 Å². The van der Waals surface area contributed by atoms with E-state index in [-0.39, 0.29) is 5.91 Å². The monoisotopic (exact) mass is 516 g/mol. The number of rotatable bonds is 5. The molecule has 5 nitrogen and oxygen atoms in total. The summed E-state index contributed by atoms with van der Waals surface area (Å²) in [6.45, 7) is 4.55. The molecule has 0 aliphatic heterocycles. The number of hydrazine groups is 1. The fraction of sp³-hybridized carbons (Fsp3) is 0.222. The van der Waals surface area contributed by atoms with E-state index in [1.165, 1.54) is 0 Å². The minimum atomic E-state index is -0.445. The van der Waals surface area contributed by atoms with Gasteiger partial charge in [0.1, 0.15) is 5.75 Å². The molecule has 2 aromatic carbocycles. The molecule has 7 heteroatoms. The zero-order valence-electron chi connectivity index (χ0n) is 13.8. The van der Waals surface area contributed by atoms with Crippen LogP contribution in [0.2, 0.25) is 0 Å². The van der Waals surface area contributed by atoms with Gasteiger partial charge in [0.25, 0.3) is 11.8 Å². The standard InChI is InChI=1S/C18H18BrIN2O3/c1-11(2)10-25-16-8-7-12(19)9-14(16)18(24)22-21-17(23)13-5-3-4-6-15(13)20/h3-9,11H,10H2,1-2H3,(H,21,23)(H,22,24). The van der Waals surface area contributed by atoms with Gasteiger partial charge in [-0.2, -0.15) is 0 Å². The molecule has 0 bridgehead atoms. The van der Waals surface area contributed by atoms with E-state index in [9.17, 15) is 9.59 Å². The Bertz CT molecular complexity index is 781. The van der Waals surface area contributed by atoms with E-state index in [2.05, 4.69) is 49.4 Å². The van der Waals surface area contributed by atoms with Crippen LogP contribution in [0, 0.1) is 9.49 Å². The Kier molecular flexibility index (Phi) is 7.24. The van der Waals surface area contributed by atoms with Crippen LogP contribution >= 0.6 is 38.5 Å². The number of carbonyl (C=O) groups excluding carboxylic acids is 2. The number of halogens is 2. The minimum Gasteiger partial charge on any atom is -0.492 e. The number of benzene rings is 2. The van der Waals surface area contributed by atoms with Crippen molar-refractivity contribution in [2.45, 2.75) is 13.8 Å². The molecule has 2 N–H and O–H groups in total. The van der Waals surface area contributed by atoms with Gasteiger partial charge in [-0.3, -0.25) is 20.4 Å². The van der Waals surface area contributed by atoms with E-state index >= 15 is 0 Å². The van der Waals surface area contributed by atoms with Gasteiger partial charge < -0.3 is 4.74 Å². The largest absolute Gasteiger partial charge is 0.492 e. The molecule has 0 radical (unpaired) electrons. The second-order valence-corrected chi connectivity index (χ2v) is 7.81. The Hall–Kier alpha value is -1.61. The summed E-state index contributed by atoms with van der Waals surface area (Å²) in [4.78, 5) is 24.7. The summed E-state index contributed by atoms with van der Waals surface area (Å²) in [5.41, 5.74) is 5.71. The highest BCUT2D eigenvalue weighted by Crippen LogP contribution is 2.23. The van der Waals surface area contributed by atoms with Crippen LogP contribution in [0.5, 0.6) is 5.75 Å². The highest BCUT2D eigenvalue weighted by molar-refractivity contribution is 14.1. The van der Waals surface area contributed by atoms with E-state index in [1.54, 1.807) is 30.3 Å². The SMILES string of the molecule is CC(C)COc1ccc(Br)cc1C(=O)NNC(=O)c1ccccc1I. The summed E-state index contributed by atoms with van der Waals surface area (Å²) in [5, 5.41) is 0. The third-order valence-electron chi connectivity index (χ3n) is 3.17. The minimum absolute atomic E-state index is 0.333. The third-order valence-corrected chi connectivity index (χ3v) is 4.60. The first-order chi connectivity index (χ1) is 11.9. The van der Waals surface area contributed by atoms with Gasteiger partial charge in [0, 0.05) is 8.04 Å². The summed E-state index contributed by atoms with van der Waals surface area (Å²) >= 11 is 5.42. The molecule has 0 aromatic heterocycles. The van der Waals surface area contributed by atoms with Crippen LogP contribution in [0.15, 0.2) is 46.9 Å². The summed E-state index contributed by atoms with van der Waals surface area (Å²) in [6.07, 6.45) is 0. The molecule has 25 heavy (non-hydrogen) atoms. The molecule has 0 fully saturated rings. The molecule has 0 heterocycles. The molecule has 0 atom stereocenters. The van der Waals surface area contributed by atoms with Gasteiger partial charge in [0.15, 0.2) is 0 Å². The number of amides is 2. The van der Waals surface area contributed by atoms with Gasteiger partial charge in [-0.05, 0) is 58.8 Å². The maximum Gasteiger partial charge on any atom is 0.273 e. The lowest BCUT2D eigenvalue weighted by Gasteiger charge is -2.14. The third kappa shape index (κ3) is 5.71. The number of hydrogen-bond acceptors (Lipinski definition) is 3. The lowest BCUT2D eigenvalue weighted by Crippen LogP contribution is -2.42. The van der Waals surface area contributed by atoms with Crippen LogP contribution in [-0.4, -0.2) is 18.4 Å². The van der Waals surface area contributed by atoms with Crippen LogP contribution in [0.25, 0.3) is 0 Å². The predicted molar refractivity (Wildman–Crippen MR) is 109 cm³/mol. The van der Waals surface area contributed by atoms with Gasteiger partial charge in [-0.15, -0.1) is 0 Å². The van der Waals surface area contributed by atoms with Crippen molar-refractivity contribution < 1.29 is 14.3 Å². The Morgan fingerprint density at radius 1 is 1.08 bits per heavy atom. The van der Waals surface area contributed by atoms with Gasteiger partial charge >= 0.3 is 0 Å². The van der Waals surface area contributed by atoms with Gasteiger partial charge in [-0.25, -0.2) is 0 Å². The average Bonchev–Trinajstić information content (AvgIpc) is 2.58. The zero-order chi connectivity index (χ0) is 18.4. The molecular formula is C18H18BrIN2O3. The maximum atomic E-state index is 12.5. The Labute approximate surface area is 168 Å². The van der Waals surface area contributed by atoms with Gasteiger partial charge in [-0.1, -0.05) is 41.9 Å². The first-order valence-corrected chi connectivity index (χ1v) is 9.53. The van der Waals surface area contributed by atoms with Crippen LogP contribution in [0.3, 0.4) is 0 Å². The number of ether oxygens (including phenoxy) is 1. The fourth-order valence-electron chi connectivity index (χ4n) is 1.96. The van der Waals surface area contributed by atoms with Crippen molar-refractivity contribution in [1.82, 2.24) is 10.9 Å². The van der Waals surface area contributed by atoms with Crippen LogP contribution in [0.4, 0.5) is 0 Å². The number of hydrogen-bond donors (Lipinski definition) is 2. The summed E-state index contributed by atoms with van der Waals surface area (Å²) in [7, 11) is 0. The van der Waals surface area contributed by atoms with E-state index in [0.717, 1.165) is 8.04 Å². The van der Waals surface area contributed by atoms with Crippen molar-refractivity contribution in [1.29, 1.82) is 0 Å². The molecule has 0 aliphatic rings. The van der Waals surface area contributed by atoms with Crippen molar-refractivity contribution in [2.75, 3.05) is 6.61 Å². The smallest absolute Gasteiger partial charge is 0.273 e. The highest BCUT2D eigenvalue weighted by Gasteiger charge is 2.16. The highest BCUT2D eigenvalue weighted by atomic mass is 127. The topological polar surface area (TPSA) is 67.4 Å². The van der Waals surface area contributed by atoms with Crippen LogP contribution < -0.4 is 15.6 Å². The normalized spacial score (nSPS) is 10.4. The number of carbonyl (C=O) groups is 2. The first kappa shape index (κ1) is 19.7. The molecule has 2 amide bonds. The van der Waals surface area contributed by atoms with Crippen LogP contribution in [-0.2, 0) is 0 Å². The van der Waals surface area contributed by atoms with Gasteiger partial charge in [0.2, 0.25) is 0 Å². The second kappa shape index (κ2) is 9.19. The van der Waals surface area contributed by atoms with E-state index < -0.39 is 5.91 Å². The van der Waals surface area contributed by atoms with Crippen LogP contribution in [0.1, 0.15) is 34.6 Å². The number of nitrogens with one attached hydrogen (secondary N) is 2. The molecule has 0 saturated carbocycles. The predicted octanol–water partition coefficient (Wildman–Crippen LogP) is 4.16. The Morgan fingerprint density at radius 2 is 1.72 bits per heavy atom. The van der Waals surface area contributed by atoms with E-state index in [4.69, 9.17) is 4.74 Å². The molecule has 0 saturated heterocycles. The average molecular weight is 517 g/mol. The summed E-state index contributed by atoms with van der Waals surface area (Å²) < 4.78 is 7.24. The second-order valence-electron chi connectivity index (χ2n) is 5.73. The lowest BCUT2D eigenvalue weighted by atomic mass is 10.2.